The van der Waals surface area contributed by atoms with Crippen LogP contribution in [0.1, 0.15) is 18.4 Å². The van der Waals surface area contributed by atoms with Gasteiger partial charge in [0.25, 0.3) is 0 Å². The molecule has 0 radical (unpaired) electrons. The number of hydrogen-bond acceptors (Lipinski definition) is 2. The van der Waals surface area contributed by atoms with Crippen molar-refractivity contribution in [3.8, 4) is 5.75 Å². The van der Waals surface area contributed by atoms with Crippen LogP contribution in [-0.2, 0) is 10.2 Å². The lowest BCUT2D eigenvalue weighted by Crippen LogP contribution is -2.43. The van der Waals surface area contributed by atoms with Crippen molar-refractivity contribution in [3.05, 3.63) is 29.8 Å². The fourth-order valence-corrected chi connectivity index (χ4v) is 2.06. The second-order valence-electron chi connectivity index (χ2n) is 4.01. The summed E-state index contributed by atoms with van der Waals surface area (Å²) >= 11 is 0. The number of carbonyl (C=O) groups excluding carboxylic acids is 1. The summed E-state index contributed by atoms with van der Waals surface area (Å²) in [5.74, 6) is 0.705. The first-order valence-corrected chi connectivity index (χ1v) is 4.95. The van der Waals surface area contributed by atoms with Gasteiger partial charge in [-0.3, -0.25) is 0 Å². The molecule has 0 heterocycles. The van der Waals surface area contributed by atoms with Gasteiger partial charge in [-0.1, -0.05) is 12.1 Å². The Hall–Kier alpha value is -1.38. The normalized spacial score (nSPS) is 29.3. The first kappa shape index (κ1) is 10.1. The van der Waals surface area contributed by atoms with Crippen LogP contribution in [0.15, 0.2) is 24.3 Å². The van der Waals surface area contributed by atoms with E-state index < -0.39 is 11.6 Å². The van der Waals surface area contributed by atoms with Crippen molar-refractivity contribution >= 4 is 6.29 Å². The van der Waals surface area contributed by atoms with E-state index >= 15 is 0 Å². The summed E-state index contributed by atoms with van der Waals surface area (Å²) in [6.07, 6.45) is 0.604. The van der Waals surface area contributed by atoms with E-state index in [4.69, 9.17) is 4.74 Å². The smallest absolute Gasteiger partial charge is 0.130 e. The van der Waals surface area contributed by atoms with Gasteiger partial charge in [-0.05, 0) is 30.5 Å². The summed E-state index contributed by atoms with van der Waals surface area (Å²) in [7, 11) is 1.57. The monoisotopic (exact) mass is 208 g/mol. The number of carbonyl (C=O) groups is 1. The fourth-order valence-electron chi connectivity index (χ4n) is 2.06. The highest BCUT2D eigenvalue weighted by Crippen LogP contribution is 2.44. The van der Waals surface area contributed by atoms with Crippen molar-refractivity contribution in [1.82, 2.24) is 0 Å². The van der Waals surface area contributed by atoms with Crippen molar-refractivity contribution in [2.45, 2.75) is 24.4 Å². The summed E-state index contributed by atoms with van der Waals surface area (Å²) in [6.45, 7) is 0. The van der Waals surface area contributed by atoms with Crippen LogP contribution in [0, 0.1) is 0 Å². The van der Waals surface area contributed by atoms with Crippen molar-refractivity contribution in [3.63, 3.8) is 0 Å². The van der Waals surface area contributed by atoms with Crippen LogP contribution in [0.25, 0.3) is 0 Å². The number of hydrogen-bond donors (Lipinski definition) is 0. The number of benzene rings is 1. The van der Waals surface area contributed by atoms with Gasteiger partial charge in [0.1, 0.15) is 18.2 Å². The third-order valence-electron chi connectivity index (χ3n) is 3.04. The van der Waals surface area contributed by atoms with Crippen LogP contribution < -0.4 is 4.74 Å². The molecule has 2 nitrogen and oxygen atoms in total. The van der Waals surface area contributed by atoms with Crippen LogP contribution in [0.3, 0.4) is 0 Å². The minimum atomic E-state index is -0.846. The van der Waals surface area contributed by atoms with Gasteiger partial charge < -0.3 is 9.53 Å². The van der Waals surface area contributed by atoms with Crippen molar-refractivity contribution < 1.29 is 13.9 Å². The zero-order valence-corrected chi connectivity index (χ0v) is 8.57. The number of rotatable bonds is 3. The lowest BCUT2D eigenvalue weighted by Gasteiger charge is -2.40. The molecule has 0 atom stereocenters. The Morgan fingerprint density at radius 3 is 2.80 bits per heavy atom. The summed E-state index contributed by atoms with van der Waals surface area (Å²) in [4.78, 5) is 11.0. The molecule has 0 unspecified atom stereocenters. The quantitative estimate of drug-likeness (QED) is 0.712. The number of alkyl halides is 1. The second-order valence-corrected chi connectivity index (χ2v) is 4.01. The van der Waals surface area contributed by atoms with Gasteiger partial charge in [0.15, 0.2) is 0 Å². The molecular weight excluding hydrogens is 195 g/mol. The molecule has 3 heteroatoms. The van der Waals surface area contributed by atoms with Gasteiger partial charge in [0.2, 0.25) is 0 Å². The van der Waals surface area contributed by atoms with Crippen molar-refractivity contribution in [2.24, 2.45) is 0 Å². The molecule has 1 aliphatic carbocycles. The lowest BCUT2D eigenvalue weighted by molar-refractivity contribution is -0.117. The Kier molecular flexibility index (Phi) is 2.47. The lowest BCUT2D eigenvalue weighted by atomic mass is 9.64. The highest BCUT2D eigenvalue weighted by molar-refractivity contribution is 5.71. The van der Waals surface area contributed by atoms with Gasteiger partial charge in [0.05, 0.1) is 12.5 Å². The molecule has 0 aromatic heterocycles. The molecule has 1 saturated carbocycles. The molecule has 0 aliphatic heterocycles. The zero-order valence-electron chi connectivity index (χ0n) is 8.57. The molecule has 0 saturated heterocycles. The molecule has 1 fully saturated rings. The fraction of sp³-hybridized carbons (Fsp3) is 0.417. The molecule has 1 aromatic rings. The third-order valence-corrected chi connectivity index (χ3v) is 3.04. The minimum absolute atomic E-state index is 0.295. The zero-order chi connectivity index (χ0) is 10.9. The molecule has 0 N–H and O–H groups in total. The van der Waals surface area contributed by atoms with E-state index in [0.29, 0.717) is 18.6 Å². The summed E-state index contributed by atoms with van der Waals surface area (Å²) < 4.78 is 18.0. The predicted octanol–water partition coefficient (Wildman–Crippen LogP) is 2.26. The molecule has 0 spiro atoms. The van der Waals surface area contributed by atoms with Crippen LogP contribution in [0.2, 0.25) is 0 Å². The molecule has 0 amide bonds. The van der Waals surface area contributed by atoms with Crippen LogP contribution in [0.4, 0.5) is 4.39 Å². The largest absolute Gasteiger partial charge is 0.497 e. The van der Waals surface area contributed by atoms with Gasteiger partial charge in [-0.25, -0.2) is 4.39 Å². The topological polar surface area (TPSA) is 26.3 Å². The average Bonchev–Trinajstić information content (AvgIpc) is 2.24. The predicted molar refractivity (Wildman–Crippen MR) is 54.9 cm³/mol. The Morgan fingerprint density at radius 1 is 1.53 bits per heavy atom. The SMILES string of the molecule is COc1cccc(C2(C=O)CC(F)C2)c1. The minimum Gasteiger partial charge on any atom is -0.497 e. The molecule has 80 valence electrons. The number of halogens is 1. The standard InChI is InChI=1S/C12H13FO2/c1-15-11-4-2-3-9(5-11)12(8-14)6-10(13)7-12/h2-5,8,10H,6-7H2,1H3. The highest BCUT2D eigenvalue weighted by Gasteiger charge is 2.46. The number of aldehydes is 1. The van der Waals surface area contributed by atoms with E-state index in [9.17, 15) is 9.18 Å². The molecule has 1 aromatic carbocycles. The summed E-state index contributed by atoms with van der Waals surface area (Å²) in [6, 6.07) is 7.29. The van der Waals surface area contributed by atoms with Gasteiger partial charge >= 0.3 is 0 Å². The molecule has 15 heavy (non-hydrogen) atoms. The Morgan fingerprint density at radius 2 is 2.27 bits per heavy atom. The Bertz CT molecular complexity index is 370. The first-order valence-electron chi connectivity index (χ1n) is 4.95. The Balaban J connectivity index is 2.31. The molecule has 1 aliphatic rings. The van der Waals surface area contributed by atoms with E-state index in [1.165, 1.54) is 0 Å². The van der Waals surface area contributed by atoms with Gasteiger partial charge in [-0.2, -0.15) is 0 Å². The summed E-state index contributed by atoms with van der Waals surface area (Å²) in [5, 5.41) is 0. The maximum atomic E-state index is 12.9. The molecule has 0 bridgehead atoms. The maximum Gasteiger partial charge on any atom is 0.130 e. The van der Waals surface area contributed by atoms with Crippen LogP contribution >= 0.6 is 0 Å². The molecule has 2 rings (SSSR count). The average molecular weight is 208 g/mol. The van der Waals surface area contributed by atoms with Crippen LogP contribution in [0.5, 0.6) is 5.75 Å². The molecular formula is C12H13FO2. The van der Waals surface area contributed by atoms with E-state index in [2.05, 4.69) is 0 Å². The first-order chi connectivity index (χ1) is 7.20. The van der Waals surface area contributed by atoms with E-state index in [1.54, 1.807) is 13.2 Å². The Labute approximate surface area is 88.1 Å². The third kappa shape index (κ3) is 1.62. The van der Waals surface area contributed by atoms with Crippen LogP contribution in [-0.4, -0.2) is 19.6 Å². The van der Waals surface area contributed by atoms with E-state index in [0.717, 1.165) is 11.8 Å². The van der Waals surface area contributed by atoms with Crippen molar-refractivity contribution in [1.29, 1.82) is 0 Å². The van der Waals surface area contributed by atoms with E-state index in [1.807, 2.05) is 18.2 Å². The van der Waals surface area contributed by atoms with Crippen molar-refractivity contribution in [2.75, 3.05) is 7.11 Å². The van der Waals surface area contributed by atoms with Gasteiger partial charge in [-0.15, -0.1) is 0 Å². The highest BCUT2D eigenvalue weighted by atomic mass is 19.1. The second kappa shape index (κ2) is 3.65. The number of methoxy groups -OCH3 is 1. The maximum absolute atomic E-state index is 12.9. The summed E-state index contributed by atoms with van der Waals surface area (Å²) in [5.41, 5.74) is 0.235. The number of ether oxygens (including phenoxy) is 1. The van der Waals surface area contributed by atoms with E-state index in [-0.39, 0.29) is 0 Å². The van der Waals surface area contributed by atoms with Gasteiger partial charge in [0, 0.05) is 0 Å².